The van der Waals surface area contributed by atoms with Crippen LogP contribution in [0, 0.1) is 0 Å². The van der Waals surface area contributed by atoms with Gasteiger partial charge in [0, 0.05) is 0 Å². The van der Waals surface area contributed by atoms with E-state index in [1.54, 1.807) is 0 Å². The van der Waals surface area contributed by atoms with Crippen molar-refractivity contribution in [1.82, 2.24) is 0 Å². The van der Waals surface area contributed by atoms with Crippen molar-refractivity contribution >= 4 is 6.16 Å². The molecule has 90 valence electrons. The number of halogens is 6. The zero-order chi connectivity index (χ0) is 12.5. The second kappa shape index (κ2) is 3.78. The first-order chi connectivity index (χ1) is 6.48. The summed E-state index contributed by atoms with van der Waals surface area (Å²) in [6.45, 7) is 0.493. The van der Waals surface area contributed by atoms with Crippen LogP contribution in [0.25, 0.3) is 0 Å². The predicted molar refractivity (Wildman–Crippen MR) is 34.2 cm³/mol. The summed E-state index contributed by atoms with van der Waals surface area (Å²) in [4.78, 5) is 9.67. The Morgan fingerprint density at radius 2 is 1.60 bits per heavy atom. The highest BCUT2D eigenvalue weighted by atomic mass is 19.4. The standard InChI is InChI=1S/C6H6F6O3/c1-2-4(7,5(8,9)10)6(11,12)15-3(13)14/h2H2,1H3,(H,13,14). The molecule has 0 aromatic heterocycles. The topological polar surface area (TPSA) is 46.5 Å². The lowest BCUT2D eigenvalue weighted by Gasteiger charge is -2.31. The first-order valence-corrected chi connectivity index (χ1v) is 3.53. The number of carbonyl (C=O) groups is 1. The Bertz CT molecular complexity index is 250. The summed E-state index contributed by atoms with van der Waals surface area (Å²) in [5.74, 6) is 0. The molecule has 0 aliphatic heterocycles. The van der Waals surface area contributed by atoms with Gasteiger partial charge in [0.05, 0.1) is 0 Å². The van der Waals surface area contributed by atoms with Crippen LogP contribution in [0.15, 0.2) is 0 Å². The molecule has 0 spiro atoms. The fourth-order valence-electron chi connectivity index (χ4n) is 0.762. The third-order valence-electron chi connectivity index (χ3n) is 1.61. The summed E-state index contributed by atoms with van der Waals surface area (Å²) in [7, 11) is 0. The van der Waals surface area contributed by atoms with Gasteiger partial charge in [0.15, 0.2) is 0 Å². The Balaban J connectivity index is 5.19. The maximum absolute atomic E-state index is 12.9. The second-order valence-electron chi connectivity index (χ2n) is 2.54. The van der Waals surface area contributed by atoms with E-state index in [2.05, 4.69) is 4.74 Å². The molecular weight excluding hydrogens is 234 g/mol. The van der Waals surface area contributed by atoms with Gasteiger partial charge in [0.1, 0.15) is 0 Å². The Morgan fingerprint density at radius 3 is 1.80 bits per heavy atom. The van der Waals surface area contributed by atoms with Gasteiger partial charge in [-0.1, -0.05) is 6.92 Å². The molecule has 0 aromatic rings. The van der Waals surface area contributed by atoms with Gasteiger partial charge in [0.2, 0.25) is 0 Å². The molecule has 1 atom stereocenters. The predicted octanol–water partition coefficient (Wildman–Crippen LogP) is 2.95. The summed E-state index contributed by atoms with van der Waals surface area (Å²) in [6, 6.07) is 0. The Kier molecular flexibility index (Phi) is 3.49. The van der Waals surface area contributed by atoms with Gasteiger partial charge in [-0.05, 0) is 6.42 Å². The van der Waals surface area contributed by atoms with Crippen LogP contribution in [0.2, 0.25) is 0 Å². The zero-order valence-corrected chi connectivity index (χ0v) is 7.24. The van der Waals surface area contributed by atoms with Crippen molar-refractivity contribution in [3.05, 3.63) is 0 Å². The number of hydrogen-bond donors (Lipinski definition) is 1. The number of alkyl halides is 6. The lowest BCUT2D eigenvalue weighted by Crippen LogP contribution is -2.56. The molecule has 0 aliphatic rings. The Hall–Kier alpha value is -1.15. The summed E-state index contributed by atoms with van der Waals surface area (Å²) in [6.07, 6.45) is -15.8. The quantitative estimate of drug-likeness (QED) is 0.609. The Labute approximate surface area is 79.6 Å². The van der Waals surface area contributed by atoms with Crippen molar-refractivity contribution in [1.29, 1.82) is 0 Å². The molecular formula is C6H6F6O3. The van der Waals surface area contributed by atoms with Crippen molar-refractivity contribution in [3.63, 3.8) is 0 Å². The highest BCUT2D eigenvalue weighted by molar-refractivity contribution is 5.57. The van der Waals surface area contributed by atoms with Gasteiger partial charge in [-0.3, -0.25) is 0 Å². The highest BCUT2D eigenvalue weighted by Crippen LogP contribution is 2.47. The van der Waals surface area contributed by atoms with Crippen molar-refractivity contribution < 1.29 is 41.0 Å². The van der Waals surface area contributed by atoms with Crippen LogP contribution < -0.4 is 0 Å². The molecule has 0 fully saturated rings. The van der Waals surface area contributed by atoms with Crippen molar-refractivity contribution in [3.8, 4) is 0 Å². The van der Waals surface area contributed by atoms with E-state index >= 15 is 0 Å². The molecule has 0 radical (unpaired) electrons. The largest absolute Gasteiger partial charge is 0.510 e. The van der Waals surface area contributed by atoms with Gasteiger partial charge in [0.25, 0.3) is 0 Å². The Morgan fingerprint density at radius 1 is 1.20 bits per heavy atom. The molecule has 1 N–H and O–H groups in total. The van der Waals surface area contributed by atoms with Crippen molar-refractivity contribution in [2.24, 2.45) is 0 Å². The number of carboxylic acid groups (broad SMARTS) is 1. The normalized spacial score (nSPS) is 17.0. The van der Waals surface area contributed by atoms with Crippen LogP contribution in [-0.2, 0) is 4.74 Å². The SMILES string of the molecule is CCC(F)(C(F)(F)F)C(F)(F)OC(=O)O. The molecule has 1 unspecified atom stereocenters. The van der Waals surface area contributed by atoms with E-state index < -0.39 is 30.5 Å². The van der Waals surface area contributed by atoms with Gasteiger partial charge in [-0.15, -0.1) is 0 Å². The van der Waals surface area contributed by atoms with Crippen molar-refractivity contribution in [2.75, 3.05) is 0 Å². The van der Waals surface area contributed by atoms with Gasteiger partial charge in [-0.25, -0.2) is 9.18 Å². The summed E-state index contributed by atoms with van der Waals surface area (Å²) < 4.78 is 76.3. The molecule has 0 rings (SSSR count). The van der Waals surface area contributed by atoms with Gasteiger partial charge < -0.3 is 9.84 Å². The van der Waals surface area contributed by atoms with Crippen LogP contribution in [-0.4, -0.2) is 29.2 Å². The van der Waals surface area contributed by atoms with Crippen LogP contribution in [0.3, 0.4) is 0 Å². The smallest absolute Gasteiger partial charge is 0.450 e. The van der Waals surface area contributed by atoms with Crippen LogP contribution in [0.5, 0.6) is 0 Å². The molecule has 3 nitrogen and oxygen atoms in total. The zero-order valence-electron chi connectivity index (χ0n) is 7.24. The fourth-order valence-corrected chi connectivity index (χ4v) is 0.762. The maximum atomic E-state index is 12.9. The van der Waals surface area contributed by atoms with Crippen LogP contribution >= 0.6 is 0 Å². The third-order valence-corrected chi connectivity index (χ3v) is 1.61. The van der Waals surface area contributed by atoms with Gasteiger partial charge in [-0.2, -0.15) is 22.0 Å². The molecule has 0 saturated heterocycles. The molecule has 0 amide bonds. The first-order valence-electron chi connectivity index (χ1n) is 3.53. The van der Waals surface area contributed by atoms with Gasteiger partial charge >= 0.3 is 24.1 Å². The third kappa shape index (κ3) is 2.45. The lowest BCUT2D eigenvalue weighted by molar-refractivity contribution is -0.368. The summed E-state index contributed by atoms with van der Waals surface area (Å²) in [5.41, 5.74) is -5.03. The number of rotatable bonds is 3. The minimum atomic E-state index is -5.93. The number of ether oxygens (including phenoxy) is 1. The minimum Gasteiger partial charge on any atom is -0.450 e. The van der Waals surface area contributed by atoms with E-state index in [0.717, 1.165) is 0 Å². The first kappa shape index (κ1) is 13.8. The van der Waals surface area contributed by atoms with E-state index in [9.17, 15) is 31.1 Å². The molecule has 0 aromatic carbocycles. The van der Waals surface area contributed by atoms with E-state index in [1.807, 2.05) is 0 Å². The molecule has 0 saturated carbocycles. The van der Waals surface area contributed by atoms with E-state index in [-0.39, 0.29) is 0 Å². The molecule has 15 heavy (non-hydrogen) atoms. The molecule has 0 heterocycles. The fraction of sp³-hybridized carbons (Fsp3) is 0.833. The van der Waals surface area contributed by atoms with Crippen LogP contribution in [0.4, 0.5) is 31.1 Å². The second-order valence-corrected chi connectivity index (χ2v) is 2.54. The molecule has 9 heteroatoms. The molecule has 0 bridgehead atoms. The minimum absolute atomic E-state index is 0.493. The molecule has 0 aliphatic carbocycles. The summed E-state index contributed by atoms with van der Waals surface area (Å²) >= 11 is 0. The monoisotopic (exact) mass is 240 g/mol. The highest BCUT2D eigenvalue weighted by Gasteiger charge is 2.73. The maximum Gasteiger partial charge on any atom is 0.510 e. The van der Waals surface area contributed by atoms with E-state index in [0.29, 0.717) is 6.92 Å². The number of hydrogen-bond acceptors (Lipinski definition) is 2. The average molecular weight is 240 g/mol. The van der Waals surface area contributed by atoms with E-state index in [1.165, 1.54) is 0 Å². The average Bonchev–Trinajstić information content (AvgIpc) is 1.97. The van der Waals surface area contributed by atoms with Crippen molar-refractivity contribution in [2.45, 2.75) is 31.3 Å². The van der Waals surface area contributed by atoms with E-state index in [4.69, 9.17) is 5.11 Å². The lowest BCUT2D eigenvalue weighted by atomic mass is 10.0. The van der Waals surface area contributed by atoms with Crippen LogP contribution in [0.1, 0.15) is 13.3 Å². The summed E-state index contributed by atoms with van der Waals surface area (Å²) in [5, 5.41) is 7.74.